The molecule has 0 unspecified atom stereocenters. The molecule has 3 fully saturated rings. The van der Waals surface area contributed by atoms with Gasteiger partial charge in [-0.05, 0) is 63.5 Å². The van der Waals surface area contributed by atoms with Crippen LogP contribution in [-0.2, 0) is 19.2 Å². The van der Waals surface area contributed by atoms with Crippen LogP contribution in [0.3, 0.4) is 0 Å². The van der Waals surface area contributed by atoms with Crippen molar-refractivity contribution in [1.82, 2.24) is 16.1 Å². The fourth-order valence-corrected chi connectivity index (χ4v) is 8.06. The molecule has 3 saturated carbocycles. The van der Waals surface area contributed by atoms with Crippen molar-refractivity contribution in [2.45, 2.75) is 70.8 Å². The number of amides is 3. The molecule has 6 N–H and O–H groups in total. The molecule has 230 valence electrons. The Bertz CT molecular complexity index is 1300. The summed E-state index contributed by atoms with van der Waals surface area (Å²) in [5.74, 6) is -3.86. The van der Waals surface area contributed by atoms with Gasteiger partial charge in [0.25, 0.3) is 5.91 Å². The Morgan fingerprint density at radius 3 is 2.45 bits per heavy atom. The van der Waals surface area contributed by atoms with Gasteiger partial charge >= 0.3 is 0 Å². The minimum Gasteiger partial charge on any atom is -0.390 e. The molecule has 0 spiro atoms. The van der Waals surface area contributed by atoms with Crippen molar-refractivity contribution in [2.24, 2.45) is 33.7 Å². The molecule has 0 aromatic heterocycles. The van der Waals surface area contributed by atoms with Gasteiger partial charge in [-0.15, -0.1) is 0 Å². The quantitative estimate of drug-likeness (QED) is 0.178. The minimum absolute atomic E-state index is 0.131. The van der Waals surface area contributed by atoms with E-state index in [1.54, 1.807) is 39.0 Å². The molecule has 12 heteroatoms. The van der Waals surface area contributed by atoms with Crippen molar-refractivity contribution < 1.29 is 38.9 Å². The number of rotatable bonds is 8. The van der Waals surface area contributed by atoms with Crippen LogP contribution in [0.5, 0.6) is 0 Å². The third-order valence-electron chi connectivity index (χ3n) is 10.4. The van der Waals surface area contributed by atoms with Crippen molar-refractivity contribution in [1.29, 1.82) is 0 Å². The number of ketones is 1. The predicted molar refractivity (Wildman–Crippen MR) is 151 cm³/mol. The summed E-state index contributed by atoms with van der Waals surface area (Å²) in [5.41, 5.74) is -2.55. The maximum Gasteiger partial charge on any atom is 0.259 e. The molecule has 0 saturated heterocycles. The largest absolute Gasteiger partial charge is 0.390 e. The summed E-state index contributed by atoms with van der Waals surface area (Å²) in [5, 5.41) is 41.4. The first kappa shape index (κ1) is 31.7. The second-order valence-electron chi connectivity index (χ2n) is 12.7. The Hall–Kier alpha value is -3.22. The molecule has 11 nitrogen and oxygen atoms in total. The highest BCUT2D eigenvalue weighted by Crippen LogP contribution is 2.70. The van der Waals surface area contributed by atoms with Crippen LogP contribution in [0.1, 0.15) is 53.4 Å². The number of carbonyl (C=O) groups is 4. The Morgan fingerprint density at radius 2 is 1.81 bits per heavy atom. The number of hydrazone groups is 1. The van der Waals surface area contributed by atoms with Crippen LogP contribution >= 0.6 is 0 Å². The van der Waals surface area contributed by atoms with Crippen molar-refractivity contribution in [3.63, 3.8) is 0 Å². The summed E-state index contributed by atoms with van der Waals surface area (Å²) >= 11 is 0. The van der Waals surface area contributed by atoms with Crippen molar-refractivity contribution >= 4 is 29.2 Å². The van der Waals surface area contributed by atoms with E-state index in [0.29, 0.717) is 30.5 Å². The van der Waals surface area contributed by atoms with E-state index in [4.69, 9.17) is 0 Å². The highest BCUT2D eigenvalue weighted by Gasteiger charge is 2.75. The van der Waals surface area contributed by atoms with Crippen LogP contribution in [0.4, 0.5) is 4.39 Å². The van der Waals surface area contributed by atoms with Gasteiger partial charge in [0.15, 0.2) is 11.5 Å². The Kier molecular flexibility index (Phi) is 8.40. The average molecular weight is 589 g/mol. The number of halogens is 1. The second kappa shape index (κ2) is 11.1. The number of nitrogens with zero attached hydrogens (tertiary/aromatic N) is 1. The van der Waals surface area contributed by atoms with Gasteiger partial charge in [0.1, 0.15) is 12.2 Å². The highest BCUT2D eigenvalue weighted by molar-refractivity contribution is 6.06. The number of nitrogens with one attached hydrogen (secondary N) is 3. The molecule has 0 bridgehead atoms. The van der Waals surface area contributed by atoms with E-state index >= 15 is 4.39 Å². The second-order valence-corrected chi connectivity index (χ2v) is 12.7. The molecule has 8 atom stereocenters. The van der Waals surface area contributed by atoms with Crippen LogP contribution in [0.15, 0.2) is 41.1 Å². The number of allylic oxidation sites excluding steroid dienone is 4. The molecule has 0 heterocycles. The SMILES string of the molecule is C=C(C)C(=O)NCC(=O)NCC(=O)NN=C1C=C[C@@]2(C)C(=C1)CC[C@H]1[C@@H]3C[C@@H](C)[C@](O)(C(=O)CO)[C@@]3(C)C[C@H](O)[C@@]12F. The van der Waals surface area contributed by atoms with Gasteiger partial charge in [-0.25, -0.2) is 9.82 Å². The maximum absolute atomic E-state index is 17.4. The van der Waals surface area contributed by atoms with E-state index < -0.39 is 70.2 Å². The fraction of sp³-hybridized carbons (Fsp3) is 0.633. The first-order valence-electron chi connectivity index (χ1n) is 14.3. The number of fused-ring (bicyclic) bond motifs is 5. The zero-order valence-corrected chi connectivity index (χ0v) is 24.5. The summed E-state index contributed by atoms with van der Waals surface area (Å²) in [6.45, 7) is 8.67. The first-order chi connectivity index (χ1) is 19.6. The number of hydrogen-bond acceptors (Lipinski definition) is 8. The monoisotopic (exact) mass is 588 g/mol. The third kappa shape index (κ3) is 4.73. The van der Waals surface area contributed by atoms with Crippen LogP contribution in [0.25, 0.3) is 0 Å². The summed E-state index contributed by atoms with van der Waals surface area (Å²) in [7, 11) is 0. The normalized spacial score (nSPS) is 39.3. The first-order valence-corrected chi connectivity index (χ1v) is 14.3. The molecule has 3 amide bonds. The number of alkyl halides is 1. The lowest BCUT2D eigenvalue weighted by atomic mass is 9.44. The molecular formula is C30H41FN4O7. The van der Waals surface area contributed by atoms with Gasteiger partial charge in [0.05, 0.1) is 24.9 Å². The van der Waals surface area contributed by atoms with E-state index in [9.17, 15) is 34.5 Å². The third-order valence-corrected chi connectivity index (χ3v) is 10.4. The fourth-order valence-electron chi connectivity index (χ4n) is 8.06. The van der Waals surface area contributed by atoms with Crippen molar-refractivity contribution in [2.75, 3.05) is 19.7 Å². The van der Waals surface area contributed by atoms with Gasteiger partial charge in [0.2, 0.25) is 11.8 Å². The highest BCUT2D eigenvalue weighted by atomic mass is 19.1. The standard InChI is InChI=1S/C30H41FN4O7/c1-16(2)26(41)33-13-24(39)32-14-25(40)35-34-19-8-9-27(4)18(11-19)6-7-20-21-10-17(3)30(42,23(38)15-36)28(21,5)12-22(37)29(20,27)31/h8-9,11,17,20-22,36-37,42H,1,6-7,10,12-15H2,2-5H3,(H,32,39)(H,33,41)(H,35,40)/t17-,20+,21+,22+,27+,28+,29+,30+/m1/s1. The van der Waals surface area contributed by atoms with E-state index in [0.717, 1.165) is 0 Å². The van der Waals surface area contributed by atoms with Gasteiger partial charge < -0.3 is 26.0 Å². The molecule has 0 aromatic rings. The number of Topliss-reactive ketones (excluding diaryl/α,β-unsaturated/α-hetero) is 1. The van der Waals surface area contributed by atoms with E-state index in [2.05, 4.69) is 27.7 Å². The molecule has 4 rings (SSSR count). The Morgan fingerprint density at radius 1 is 1.14 bits per heavy atom. The van der Waals surface area contributed by atoms with Gasteiger partial charge in [-0.1, -0.05) is 32.1 Å². The Labute approximate surface area is 244 Å². The molecule has 0 aliphatic heterocycles. The van der Waals surface area contributed by atoms with E-state index in [-0.39, 0.29) is 31.0 Å². The zero-order valence-electron chi connectivity index (χ0n) is 24.5. The number of hydrogen-bond donors (Lipinski definition) is 6. The zero-order chi connectivity index (χ0) is 31.3. The maximum atomic E-state index is 17.4. The molecule has 4 aliphatic carbocycles. The molecule has 42 heavy (non-hydrogen) atoms. The molecule has 0 radical (unpaired) electrons. The molecule has 0 aromatic carbocycles. The molecular weight excluding hydrogens is 547 g/mol. The lowest BCUT2D eigenvalue weighted by Crippen LogP contribution is -2.69. The van der Waals surface area contributed by atoms with Crippen LogP contribution in [0, 0.1) is 28.6 Å². The van der Waals surface area contributed by atoms with Crippen LogP contribution in [-0.4, -0.2) is 81.6 Å². The molecule has 4 aliphatic rings. The van der Waals surface area contributed by atoms with E-state index in [1.807, 2.05) is 0 Å². The predicted octanol–water partition coefficient (Wildman–Crippen LogP) is 0.607. The van der Waals surface area contributed by atoms with Crippen molar-refractivity contribution in [3.05, 3.63) is 36.0 Å². The lowest BCUT2D eigenvalue weighted by Gasteiger charge is -2.62. The van der Waals surface area contributed by atoms with Crippen LogP contribution < -0.4 is 16.1 Å². The van der Waals surface area contributed by atoms with Crippen molar-refractivity contribution in [3.8, 4) is 0 Å². The smallest absolute Gasteiger partial charge is 0.259 e. The summed E-state index contributed by atoms with van der Waals surface area (Å²) in [6, 6.07) is 0. The minimum atomic E-state index is -2.08. The summed E-state index contributed by atoms with van der Waals surface area (Å²) < 4.78 is 17.4. The average Bonchev–Trinajstić information content (AvgIpc) is 3.15. The summed E-state index contributed by atoms with van der Waals surface area (Å²) in [4.78, 5) is 48.3. The van der Waals surface area contributed by atoms with Gasteiger partial charge in [-0.2, -0.15) is 5.10 Å². The van der Waals surface area contributed by atoms with E-state index in [1.165, 1.54) is 6.92 Å². The van der Waals surface area contributed by atoms with Gasteiger partial charge in [-0.3, -0.25) is 19.2 Å². The van der Waals surface area contributed by atoms with Gasteiger partial charge in [0, 0.05) is 22.3 Å². The summed E-state index contributed by atoms with van der Waals surface area (Å²) in [6.07, 6.45) is 4.57. The lowest BCUT2D eigenvalue weighted by molar-refractivity contribution is -0.219. The van der Waals surface area contributed by atoms with Crippen LogP contribution in [0.2, 0.25) is 0 Å². The topological polar surface area (TPSA) is 177 Å². The number of aliphatic hydroxyl groups is 3. The Balaban J connectivity index is 1.46. The number of aliphatic hydroxyl groups excluding tert-OH is 2. The number of carbonyl (C=O) groups excluding carboxylic acids is 4.